The van der Waals surface area contributed by atoms with Gasteiger partial charge in [0.2, 0.25) is 0 Å². The van der Waals surface area contributed by atoms with Crippen molar-refractivity contribution >= 4 is 28.6 Å². The molecule has 0 aliphatic carbocycles. The van der Waals surface area contributed by atoms with E-state index in [1.165, 1.54) is 0 Å². The number of fused-ring (bicyclic) bond motifs is 1. The summed E-state index contributed by atoms with van der Waals surface area (Å²) >= 11 is 6.20. The zero-order chi connectivity index (χ0) is 20.7. The number of phenolic OH excluding ortho intramolecular Hbond substituents is 1. The first-order chi connectivity index (χ1) is 13.8. The maximum absolute atomic E-state index is 12.8. The number of amides is 1. The molecule has 2 aromatic carbocycles. The fourth-order valence-electron chi connectivity index (χ4n) is 3.93. The number of hydrogen-bond donors (Lipinski definition) is 3. The number of hydrogen-bond acceptors (Lipinski definition) is 5. The first-order valence-corrected chi connectivity index (χ1v) is 9.88. The van der Waals surface area contributed by atoms with E-state index < -0.39 is 5.76 Å². The van der Waals surface area contributed by atoms with Crippen LogP contribution < -0.4 is 11.5 Å². The summed E-state index contributed by atoms with van der Waals surface area (Å²) < 4.78 is 4.98. The molecule has 4 rings (SSSR count). The predicted octanol–water partition coefficient (Wildman–Crippen LogP) is 3.34. The lowest BCUT2D eigenvalue weighted by atomic mass is 9.85. The lowest BCUT2D eigenvalue weighted by Crippen LogP contribution is -2.41. The Morgan fingerprint density at radius 2 is 2.03 bits per heavy atom. The van der Waals surface area contributed by atoms with Gasteiger partial charge in [0, 0.05) is 35.3 Å². The van der Waals surface area contributed by atoms with E-state index in [0.717, 1.165) is 18.4 Å². The van der Waals surface area contributed by atoms with Crippen LogP contribution in [-0.4, -0.2) is 34.0 Å². The summed E-state index contributed by atoms with van der Waals surface area (Å²) in [5.41, 5.74) is 9.29. The lowest BCUT2D eigenvalue weighted by molar-refractivity contribution is 0.0677. The van der Waals surface area contributed by atoms with E-state index in [-0.39, 0.29) is 23.6 Å². The molecule has 4 N–H and O–H groups in total. The Morgan fingerprint density at radius 3 is 2.76 bits per heavy atom. The minimum absolute atomic E-state index is 0.0952. The van der Waals surface area contributed by atoms with Crippen LogP contribution in [0.15, 0.2) is 39.5 Å². The monoisotopic (exact) mass is 415 g/mol. The van der Waals surface area contributed by atoms with Crippen LogP contribution in [0, 0.1) is 12.8 Å². The van der Waals surface area contributed by atoms with Gasteiger partial charge in [-0.2, -0.15) is 0 Å². The minimum Gasteiger partial charge on any atom is -0.508 e. The van der Waals surface area contributed by atoms with Crippen molar-refractivity contribution in [2.24, 2.45) is 11.7 Å². The highest BCUT2D eigenvalue weighted by molar-refractivity contribution is 6.31. The number of aromatic nitrogens is 1. The van der Waals surface area contributed by atoms with E-state index in [0.29, 0.717) is 40.3 Å². The van der Waals surface area contributed by atoms with E-state index >= 15 is 0 Å². The zero-order valence-electron chi connectivity index (χ0n) is 15.9. The van der Waals surface area contributed by atoms with E-state index in [1.54, 1.807) is 35.2 Å². The molecule has 1 fully saturated rings. The number of rotatable bonds is 3. The van der Waals surface area contributed by atoms with Crippen LogP contribution in [0.3, 0.4) is 0 Å². The summed E-state index contributed by atoms with van der Waals surface area (Å²) in [6, 6.07) is 7.92. The molecule has 7 nitrogen and oxygen atoms in total. The number of aromatic hydroxyl groups is 1. The summed E-state index contributed by atoms with van der Waals surface area (Å²) in [6.45, 7) is 2.97. The minimum atomic E-state index is -0.543. The first kappa shape index (κ1) is 19.5. The van der Waals surface area contributed by atoms with E-state index in [9.17, 15) is 14.7 Å². The van der Waals surface area contributed by atoms with Crippen LogP contribution in [0.2, 0.25) is 5.02 Å². The van der Waals surface area contributed by atoms with Crippen molar-refractivity contribution in [3.63, 3.8) is 0 Å². The highest BCUT2D eigenvalue weighted by atomic mass is 35.5. The number of benzene rings is 2. The Morgan fingerprint density at radius 1 is 1.31 bits per heavy atom. The number of nitrogens with two attached hydrogens (primary N) is 1. The largest absolute Gasteiger partial charge is 0.508 e. The Hall–Kier alpha value is -2.77. The van der Waals surface area contributed by atoms with Crippen molar-refractivity contribution in [3.05, 3.63) is 62.6 Å². The third-order valence-corrected chi connectivity index (χ3v) is 6.07. The van der Waals surface area contributed by atoms with Crippen molar-refractivity contribution < 1.29 is 14.3 Å². The molecule has 1 saturated heterocycles. The molecule has 1 aliphatic rings. The van der Waals surface area contributed by atoms with Gasteiger partial charge >= 0.3 is 5.76 Å². The maximum Gasteiger partial charge on any atom is 0.417 e. The normalized spacial score (nSPS) is 16.3. The Balaban J connectivity index is 1.45. The third-order valence-electron chi connectivity index (χ3n) is 5.67. The summed E-state index contributed by atoms with van der Waals surface area (Å²) in [7, 11) is 0. The van der Waals surface area contributed by atoms with Crippen molar-refractivity contribution in [2.75, 3.05) is 13.1 Å². The maximum atomic E-state index is 12.8. The van der Waals surface area contributed by atoms with E-state index in [1.807, 2.05) is 6.92 Å². The third kappa shape index (κ3) is 3.75. The van der Waals surface area contributed by atoms with Crippen LogP contribution in [0.25, 0.3) is 11.1 Å². The van der Waals surface area contributed by atoms with Gasteiger partial charge in [-0.3, -0.25) is 9.78 Å². The smallest absolute Gasteiger partial charge is 0.417 e. The lowest BCUT2D eigenvalue weighted by Gasteiger charge is -2.35. The number of carbonyl (C=O) groups excluding carboxylic acids is 1. The topological polar surface area (TPSA) is 113 Å². The Kier molecular flexibility index (Phi) is 5.10. The summed E-state index contributed by atoms with van der Waals surface area (Å²) in [5, 5.41) is 10.8. The molecule has 152 valence electrons. The molecule has 0 bridgehead atoms. The van der Waals surface area contributed by atoms with Crippen LogP contribution in [0.5, 0.6) is 5.75 Å². The van der Waals surface area contributed by atoms with E-state index in [4.69, 9.17) is 21.8 Å². The quantitative estimate of drug-likeness (QED) is 0.607. The van der Waals surface area contributed by atoms with Crippen LogP contribution in [0.1, 0.15) is 40.4 Å². The molecule has 1 amide bonds. The predicted molar refractivity (Wildman–Crippen MR) is 110 cm³/mol. The number of nitrogens with one attached hydrogen (secondary N) is 1. The number of nitrogens with zero attached hydrogens (tertiary/aromatic N) is 1. The molecule has 0 radical (unpaired) electrons. The number of aryl methyl sites for hydroxylation is 1. The van der Waals surface area contributed by atoms with Crippen molar-refractivity contribution in [3.8, 4) is 5.75 Å². The second-order valence-electron chi connectivity index (χ2n) is 7.54. The van der Waals surface area contributed by atoms with Crippen LogP contribution in [-0.2, 0) is 0 Å². The van der Waals surface area contributed by atoms with Gasteiger partial charge in [0.15, 0.2) is 5.58 Å². The van der Waals surface area contributed by atoms with Crippen LogP contribution >= 0.6 is 11.6 Å². The fourth-order valence-corrected chi connectivity index (χ4v) is 4.10. The van der Waals surface area contributed by atoms with Gasteiger partial charge in [-0.15, -0.1) is 0 Å². The van der Waals surface area contributed by atoms with Gasteiger partial charge in [-0.25, -0.2) is 4.79 Å². The standard InChI is InChI=1S/C21H22ClN3O4/c1-11-8-17(26)14(10-15(11)22)19(23)12-4-6-25(7-5-12)20(27)13-2-3-18-16(9-13)24-21(28)29-18/h2-3,8-10,12,19,26H,4-7,23H2,1H3,(H,24,28)/t19-/m1/s1. The molecular formula is C21H22ClN3O4. The first-order valence-electron chi connectivity index (χ1n) is 9.50. The molecule has 1 aromatic heterocycles. The number of oxazole rings is 1. The summed E-state index contributed by atoms with van der Waals surface area (Å²) in [6.07, 6.45) is 1.45. The fraction of sp³-hybridized carbons (Fsp3) is 0.333. The van der Waals surface area contributed by atoms with Gasteiger partial charge in [-0.1, -0.05) is 11.6 Å². The van der Waals surface area contributed by atoms with Gasteiger partial charge in [0.05, 0.1) is 5.52 Å². The average molecular weight is 416 g/mol. The van der Waals surface area contributed by atoms with Crippen molar-refractivity contribution in [1.29, 1.82) is 0 Å². The van der Waals surface area contributed by atoms with Gasteiger partial charge in [0.25, 0.3) is 5.91 Å². The molecule has 0 unspecified atom stereocenters. The molecule has 0 spiro atoms. The second-order valence-corrected chi connectivity index (χ2v) is 7.95. The Labute approximate surface area is 172 Å². The van der Waals surface area contributed by atoms with Gasteiger partial charge < -0.3 is 20.2 Å². The molecule has 1 atom stereocenters. The number of H-pyrrole nitrogens is 1. The highest BCUT2D eigenvalue weighted by Gasteiger charge is 2.29. The van der Waals surface area contributed by atoms with Gasteiger partial charge in [0.1, 0.15) is 5.75 Å². The van der Waals surface area contributed by atoms with E-state index in [2.05, 4.69) is 4.98 Å². The number of aromatic amines is 1. The Bertz CT molecular complexity index is 1130. The zero-order valence-corrected chi connectivity index (χ0v) is 16.7. The highest BCUT2D eigenvalue weighted by Crippen LogP contribution is 2.36. The second kappa shape index (κ2) is 7.57. The average Bonchev–Trinajstić information content (AvgIpc) is 3.09. The van der Waals surface area contributed by atoms with Crippen molar-refractivity contribution in [2.45, 2.75) is 25.8 Å². The molecule has 1 aliphatic heterocycles. The SMILES string of the molecule is Cc1cc(O)c([C@H](N)C2CCN(C(=O)c3ccc4oc(=O)[nH]c4c3)CC2)cc1Cl. The van der Waals surface area contributed by atoms with Crippen molar-refractivity contribution in [1.82, 2.24) is 9.88 Å². The molecule has 29 heavy (non-hydrogen) atoms. The summed E-state index contributed by atoms with van der Waals surface area (Å²) in [4.78, 5) is 28.5. The number of phenols is 1. The molecular weight excluding hydrogens is 394 g/mol. The van der Waals surface area contributed by atoms with Gasteiger partial charge in [-0.05, 0) is 61.6 Å². The van der Waals surface area contributed by atoms with Crippen LogP contribution in [0.4, 0.5) is 0 Å². The molecule has 2 heterocycles. The molecule has 3 aromatic rings. The number of halogens is 1. The number of piperidine rings is 1. The number of carbonyl (C=O) groups is 1. The molecule has 8 heteroatoms. The molecule has 0 saturated carbocycles. The summed E-state index contributed by atoms with van der Waals surface area (Å²) in [5.74, 6) is -0.349. The number of likely N-dealkylation sites (tertiary alicyclic amines) is 1.